The maximum Gasteiger partial charge on any atom is 0.336 e. The van der Waals surface area contributed by atoms with Crippen LogP contribution in [0.15, 0.2) is 30.5 Å². The summed E-state index contributed by atoms with van der Waals surface area (Å²) >= 11 is 0. The summed E-state index contributed by atoms with van der Waals surface area (Å²) in [7, 11) is 0. The third kappa shape index (κ3) is 2.13. The molecule has 5 heteroatoms. The lowest BCUT2D eigenvalue weighted by Gasteiger charge is -2.18. The van der Waals surface area contributed by atoms with Crippen molar-refractivity contribution in [3.8, 4) is 11.3 Å². The highest BCUT2D eigenvalue weighted by Crippen LogP contribution is 2.25. The van der Waals surface area contributed by atoms with Gasteiger partial charge >= 0.3 is 5.97 Å². The fraction of sp³-hybridized carbons (Fsp3) is 0.286. The van der Waals surface area contributed by atoms with E-state index in [9.17, 15) is 9.90 Å². The van der Waals surface area contributed by atoms with Gasteiger partial charge in [-0.25, -0.2) is 9.78 Å². The third-order valence-electron chi connectivity index (χ3n) is 3.48. The molecule has 1 unspecified atom stereocenters. The van der Waals surface area contributed by atoms with E-state index in [2.05, 4.69) is 9.55 Å². The Balaban J connectivity index is 2.06. The van der Waals surface area contributed by atoms with Gasteiger partial charge in [0.1, 0.15) is 5.82 Å². The maximum atomic E-state index is 11.2. The number of benzene rings is 1. The van der Waals surface area contributed by atoms with Crippen LogP contribution in [0.3, 0.4) is 0 Å². The van der Waals surface area contributed by atoms with E-state index in [1.807, 2.05) is 12.3 Å². The highest BCUT2D eigenvalue weighted by Gasteiger charge is 2.20. The minimum Gasteiger partial charge on any atom is -0.478 e. The van der Waals surface area contributed by atoms with Crippen molar-refractivity contribution in [2.45, 2.75) is 25.4 Å². The van der Waals surface area contributed by atoms with Gasteiger partial charge in [0.05, 0.1) is 11.3 Å². The summed E-state index contributed by atoms with van der Waals surface area (Å²) in [6.07, 6.45) is 3.60. The van der Waals surface area contributed by atoms with Crippen molar-refractivity contribution in [3.63, 3.8) is 0 Å². The smallest absolute Gasteiger partial charge is 0.336 e. The molecule has 1 atom stereocenters. The predicted molar refractivity (Wildman–Crippen MR) is 70.9 cm³/mol. The number of hydrogen-bond acceptors (Lipinski definition) is 3. The molecule has 0 bridgehead atoms. The topological polar surface area (TPSA) is 81.1 Å². The van der Waals surface area contributed by atoms with Crippen molar-refractivity contribution < 1.29 is 9.90 Å². The minimum absolute atomic E-state index is 0.150. The van der Waals surface area contributed by atoms with E-state index in [0.29, 0.717) is 11.3 Å². The first-order valence-electron chi connectivity index (χ1n) is 6.29. The van der Waals surface area contributed by atoms with E-state index in [1.165, 1.54) is 0 Å². The second-order valence-corrected chi connectivity index (χ2v) is 4.84. The standard InChI is InChI=1S/C14H15N3O2/c15-9-5-6-17-8-12(16-13(17)7-9)10-3-1-2-4-11(10)14(18)19/h1-4,8-9H,5-7,15H2,(H,18,19). The Bertz CT molecular complexity index is 633. The quantitative estimate of drug-likeness (QED) is 0.854. The van der Waals surface area contributed by atoms with E-state index in [1.54, 1.807) is 18.2 Å². The Morgan fingerprint density at radius 1 is 1.42 bits per heavy atom. The molecule has 1 aromatic carbocycles. The van der Waals surface area contributed by atoms with Crippen LogP contribution >= 0.6 is 0 Å². The minimum atomic E-state index is -0.932. The summed E-state index contributed by atoms with van der Waals surface area (Å²) in [4.78, 5) is 15.8. The van der Waals surface area contributed by atoms with Gasteiger partial charge in [0.15, 0.2) is 0 Å². The van der Waals surface area contributed by atoms with Crippen LogP contribution in [0.1, 0.15) is 22.6 Å². The molecule has 98 valence electrons. The number of fused-ring (bicyclic) bond motifs is 1. The average Bonchev–Trinajstić information content (AvgIpc) is 2.81. The fourth-order valence-electron chi connectivity index (χ4n) is 2.47. The van der Waals surface area contributed by atoms with Gasteiger partial charge in [0.2, 0.25) is 0 Å². The summed E-state index contributed by atoms with van der Waals surface area (Å²) in [5.41, 5.74) is 7.58. The summed E-state index contributed by atoms with van der Waals surface area (Å²) in [6, 6.07) is 7.09. The van der Waals surface area contributed by atoms with Crippen LogP contribution in [0.25, 0.3) is 11.3 Å². The van der Waals surface area contributed by atoms with Crippen LogP contribution in [0.5, 0.6) is 0 Å². The molecule has 0 saturated carbocycles. The van der Waals surface area contributed by atoms with Gasteiger partial charge in [-0.05, 0) is 12.5 Å². The number of imidazole rings is 1. The molecule has 0 fully saturated rings. The molecule has 5 nitrogen and oxygen atoms in total. The highest BCUT2D eigenvalue weighted by molar-refractivity contribution is 5.95. The Kier molecular flexibility index (Phi) is 2.83. The van der Waals surface area contributed by atoms with Gasteiger partial charge in [-0.2, -0.15) is 0 Å². The van der Waals surface area contributed by atoms with E-state index >= 15 is 0 Å². The molecule has 2 heterocycles. The van der Waals surface area contributed by atoms with Crippen LogP contribution in [0, 0.1) is 0 Å². The SMILES string of the molecule is NC1CCn2cc(-c3ccccc3C(=O)O)nc2C1. The molecule has 0 radical (unpaired) electrons. The number of aromatic nitrogens is 2. The first kappa shape index (κ1) is 11.9. The second-order valence-electron chi connectivity index (χ2n) is 4.84. The summed E-state index contributed by atoms with van der Waals surface area (Å²) in [5.74, 6) is 0.00668. The maximum absolute atomic E-state index is 11.2. The molecule has 0 saturated heterocycles. The van der Waals surface area contributed by atoms with Gasteiger partial charge < -0.3 is 15.4 Å². The van der Waals surface area contributed by atoms with E-state index in [0.717, 1.165) is 25.2 Å². The van der Waals surface area contributed by atoms with Crippen LogP contribution < -0.4 is 5.73 Å². The van der Waals surface area contributed by atoms with E-state index in [4.69, 9.17) is 5.73 Å². The zero-order valence-electron chi connectivity index (χ0n) is 10.4. The number of carboxylic acids is 1. The monoisotopic (exact) mass is 257 g/mol. The van der Waals surface area contributed by atoms with Crippen molar-refractivity contribution in [2.75, 3.05) is 0 Å². The molecule has 0 spiro atoms. The van der Waals surface area contributed by atoms with Crippen LogP contribution in [0.4, 0.5) is 0 Å². The molecule has 1 aliphatic heterocycles. The number of carboxylic acid groups (broad SMARTS) is 1. The predicted octanol–water partition coefficient (Wildman–Crippen LogP) is 1.52. The van der Waals surface area contributed by atoms with E-state index < -0.39 is 5.97 Å². The molecule has 1 aromatic heterocycles. The average molecular weight is 257 g/mol. The number of aryl methyl sites for hydroxylation is 1. The molecule has 3 rings (SSSR count). The summed E-state index contributed by atoms with van der Waals surface area (Å²) < 4.78 is 2.07. The first-order valence-corrected chi connectivity index (χ1v) is 6.29. The largest absolute Gasteiger partial charge is 0.478 e. The third-order valence-corrected chi connectivity index (χ3v) is 3.48. The van der Waals surface area contributed by atoms with Crippen molar-refractivity contribution in [1.29, 1.82) is 0 Å². The highest BCUT2D eigenvalue weighted by atomic mass is 16.4. The lowest BCUT2D eigenvalue weighted by atomic mass is 10.1. The van der Waals surface area contributed by atoms with Crippen molar-refractivity contribution in [2.24, 2.45) is 5.73 Å². The van der Waals surface area contributed by atoms with Crippen LogP contribution in [-0.4, -0.2) is 26.7 Å². The second kappa shape index (κ2) is 4.51. The molecular formula is C14H15N3O2. The van der Waals surface area contributed by atoms with Gasteiger partial charge in [-0.3, -0.25) is 0 Å². The van der Waals surface area contributed by atoms with Gasteiger partial charge in [-0.15, -0.1) is 0 Å². The van der Waals surface area contributed by atoms with Gasteiger partial charge in [-0.1, -0.05) is 18.2 Å². The number of hydrogen-bond donors (Lipinski definition) is 2. The lowest BCUT2D eigenvalue weighted by molar-refractivity contribution is 0.0697. The van der Waals surface area contributed by atoms with Crippen molar-refractivity contribution >= 4 is 5.97 Å². The zero-order chi connectivity index (χ0) is 13.4. The summed E-state index contributed by atoms with van der Waals surface area (Å²) in [6.45, 7) is 0.846. The Hall–Kier alpha value is -2.14. The van der Waals surface area contributed by atoms with Gasteiger partial charge in [0.25, 0.3) is 0 Å². The molecule has 2 aromatic rings. The number of carbonyl (C=O) groups is 1. The number of aromatic carboxylic acids is 1. The van der Waals surface area contributed by atoms with Crippen LogP contribution in [0.2, 0.25) is 0 Å². The molecule has 19 heavy (non-hydrogen) atoms. The zero-order valence-corrected chi connectivity index (χ0v) is 10.4. The summed E-state index contributed by atoms with van der Waals surface area (Å²) in [5, 5.41) is 9.22. The Morgan fingerprint density at radius 3 is 3.00 bits per heavy atom. The van der Waals surface area contributed by atoms with Crippen molar-refractivity contribution in [3.05, 3.63) is 41.9 Å². The van der Waals surface area contributed by atoms with Gasteiger partial charge in [0, 0.05) is 30.8 Å². The molecular weight excluding hydrogens is 242 g/mol. The molecule has 0 aliphatic carbocycles. The number of nitrogens with zero attached hydrogens (tertiary/aromatic N) is 2. The lowest BCUT2D eigenvalue weighted by Crippen LogP contribution is -2.30. The van der Waals surface area contributed by atoms with Crippen LogP contribution in [-0.2, 0) is 13.0 Å². The van der Waals surface area contributed by atoms with E-state index in [-0.39, 0.29) is 11.6 Å². The number of rotatable bonds is 2. The Morgan fingerprint density at radius 2 is 2.21 bits per heavy atom. The molecule has 3 N–H and O–H groups in total. The fourth-order valence-corrected chi connectivity index (χ4v) is 2.47. The normalized spacial score (nSPS) is 18.1. The van der Waals surface area contributed by atoms with Crippen molar-refractivity contribution in [1.82, 2.24) is 9.55 Å². The molecule has 0 amide bonds. The Labute approximate surface area is 110 Å². The molecule has 1 aliphatic rings. The number of nitrogens with two attached hydrogens (primary N) is 1. The first-order chi connectivity index (χ1) is 9.15.